The Hall–Kier alpha value is -2.51. The average molecular weight is 382 g/mol. The molecule has 4 rings (SSSR count). The fraction of sp³-hybridized carbons (Fsp3) is 0.350. The minimum absolute atomic E-state index is 0.138. The molecule has 1 aromatic carbocycles. The van der Waals surface area contributed by atoms with E-state index in [0.717, 1.165) is 40.6 Å². The molecule has 1 aliphatic heterocycles. The fourth-order valence-corrected chi connectivity index (χ4v) is 4.30. The Kier molecular flexibility index (Phi) is 5.31. The number of H-pyrrole nitrogens is 1. The molecule has 0 radical (unpaired) electrons. The summed E-state index contributed by atoms with van der Waals surface area (Å²) in [6.07, 6.45) is 3.69. The maximum atomic E-state index is 12.4. The molecule has 1 fully saturated rings. The number of amides is 1. The van der Waals surface area contributed by atoms with Gasteiger partial charge in [-0.2, -0.15) is 0 Å². The SMILES string of the molecule is O=C(NCc1nc2ccccc2s1)c1ccc(CN2CCCCC2)[nH]c1=O. The number of piperidine rings is 1. The van der Waals surface area contributed by atoms with Crippen molar-refractivity contribution in [3.05, 3.63) is 63.0 Å². The molecular weight excluding hydrogens is 360 g/mol. The van der Waals surface area contributed by atoms with Crippen molar-refractivity contribution in [3.8, 4) is 0 Å². The first-order chi connectivity index (χ1) is 13.2. The second kappa shape index (κ2) is 8.02. The first kappa shape index (κ1) is 17.9. The molecule has 27 heavy (non-hydrogen) atoms. The number of pyridine rings is 1. The number of nitrogens with zero attached hydrogens (tertiary/aromatic N) is 2. The van der Waals surface area contributed by atoms with Crippen LogP contribution < -0.4 is 10.9 Å². The maximum absolute atomic E-state index is 12.4. The number of carbonyl (C=O) groups is 1. The molecular formula is C20H22N4O2S. The first-order valence-electron chi connectivity index (χ1n) is 9.26. The maximum Gasteiger partial charge on any atom is 0.261 e. The minimum Gasteiger partial charge on any atom is -0.345 e. The third-order valence-electron chi connectivity index (χ3n) is 4.80. The number of carbonyl (C=O) groups excluding carboxylic acids is 1. The number of nitrogens with one attached hydrogen (secondary N) is 2. The average Bonchev–Trinajstić information content (AvgIpc) is 3.10. The van der Waals surface area contributed by atoms with Crippen molar-refractivity contribution in [2.45, 2.75) is 32.4 Å². The van der Waals surface area contributed by atoms with Crippen LogP contribution >= 0.6 is 11.3 Å². The molecule has 0 bridgehead atoms. The van der Waals surface area contributed by atoms with Gasteiger partial charge in [-0.05, 0) is 50.2 Å². The molecule has 2 aromatic heterocycles. The number of fused-ring (bicyclic) bond motifs is 1. The van der Waals surface area contributed by atoms with E-state index < -0.39 is 0 Å². The largest absolute Gasteiger partial charge is 0.345 e. The summed E-state index contributed by atoms with van der Waals surface area (Å²) in [7, 11) is 0. The fourth-order valence-electron chi connectivity index (χ4n) is 3.39. The number of para-hydroxylation sites is 1. The highest BCUT2D eigenvalue weighted by Crippen LogP contribution is 2.21. The van der Waals surface area contributed by atoms with Gasteiger partial charge in [0.05, 0.1) is 16.8 Å². The lowest BCUT2D eigenvalue weighted by Crippen LogP contribution is -2.32. The van der Waals surface area contributed by atoms with Crippen LogP contribution in [0.5, 0.6) is 0 Å². The molecule has 0 saturated carbocycles. The molecule has 1 aliphatic rings. The quantitative estimate of drug-likeness (QED) is 0.711. The number of rotatable bonds is 5. The zero-order valence-electron chi connectivity index (χ0n) is 15.0. The van der Waals surface area contributed by atoms with Crippen molar-refractivity contribution in [3.63, 3.8) is 0 Å². The second-order valence-corrected chi connectivity index (χ2v) is 7.94. The van der Waals surface area contributed by atoms with Gasteiger partial charge in [-0.25, -0.2) is 4.98 Å². The third-order valence-corrected chi connectivity index (χ3v) is 5.83. The Morgan fingerprint density at radius 3 is 2.74 bits per heavy atom. The number of hydrogen-bond acceptors (Lipinski definition) is 5. The number of thiazole rings is 1. The summed E-state index contributed by atoms with van der Waals surface area (Å²) in [5.41, 5.74) is 1.57. The van der Waals surface area contributed by atoms with Gasteiger partial charge in [0, 0.05) is 12.2 Å². The predicted molar refractivity (Wildman–Crippen MR) is 107 cm³/mol. The van der Waals surface area contributed by atoms with E-state index >= 15 is 0 Å². The van der Waals surface area contributed by atoms with Crippen LogP contribution in [0.3, 0.4) is 0 Å². The van der Waals surface area contributed by atoms with Crippen molar-refractivity contribution < 1.29 is 4.79 Å². The van der Waals surface area contributed by atoms with Gasteiger partial charge >= 0.3 is 0 Å². The summed E-state index contributed by atoms with van der Waals surface area (Å²) >= 11 is 1.54. The standard InChI is InChI=1S/C20H22N4O2S/c25-19(21-12-18-23-16-6-2-3-7-17(16)27-18)15-9-8-14(22-20(15)26)13-24-10-4-1-5-11-24/h2-3,6-9H,1,4-5,10-13H2,(H,21,25)(H,22,26). The van der Waals surface area contributed by atoms with Crippen LogP contribution in [-0.4, -0.2) is 33.9 Å². The summed E-state index contributed by atoms with van der Waals surface area (Å²) in [6, 6.07) is 11.3. The van der Waals surface area contributed by atoms with Gasteiger partial charge < -0.3 is 10.3 Å². The summed E-state index contributed by atoms with van der Waals surface area (Å²) in [6.45, 7) is 3.16. The van der Waals surface area contributed by atoms with Crippen molar-refractivity contribution in [1.82, 2.24) is 20.2 Å². The van der Waals surface area contributed by atoms with Gasteiger partial charge in [-0.3, -0.25) is 14.5 Å². The minimum atomic E-state index is -0.375. The number of aromatic amines is 1. The van der Waals surface area contributed by atoms with E-state index in [1.165, 1.54) is 19.3 Å². The molecule has 2 N–H and O–H groups in total. The Morgan fingerprint density at radius 2 is 1.96 bits per heavy atom. The summed E-state index contributed by atoms with van der Waals surface area (Å²) < 4.78 is 1.08. The summed E-state index contributed by atoms with van der Waals surface area (Å²) in [4.78, 5) is 34.4. The molecule has 7 heteroatoms. The highest BCUT2D eigenvalue weighted by molar-refractivity contribution is 7.18. The van der Waals surface area contributed by atoms with E-state index in [-0.39, 0.29) is 17.0 Å². The normalized spacial score (nSPS) is 15.1. The predicted octanol–water partition coefficient (Wildman–Crippen LogP) is 2.90. The van der Waals surface area contributed by atoms with E-state index in [1.54, 1.807) is 17.4 Å². The number of hydrogen-bond donors (Lipinski definition) is 2. The Balaban J connectivity index is 1.39. The van der Waals surface area contributed by atoms with Crippen LogP contribution in [0.1, 0.15) is 40.3 Å². The summed E-state index contributed by atoms with van der Waals surface area (Å²) in [5.74, 6) is -0.375. The number of benzene rings is 1. The molecule has 3 heterocycles. The molecule has 140 valence electrons. The van der Waals surface area contributed by atoms with Gasteiger partial charge in [0.2, 0.25) is 0 Å². The zero-order valence-corrected chi connectivity index (χ0v) is 15.8. The number of likely N-dealkylation sites (tertiary alicyclic amines) is 1. The van der Waals surface area contributed by atoms with Gasteiger partial charge in [-0.1, -0.05) is 18.6 Å². The van der Waals surface area contributed by atoms with Crippen molar-refractivity contribution in [2.24, 2.45) is 0 Å². The van der Waals surface area contributed by atoms with Gasteiger partial charge in [0.1, 0.15) is 10.6 Å². The highest BCUT2D eigenvalue weighted by atomic mass is 32.1. The zero-order chi connectivity index (χ0) is 18.6. The smallest absolute Gasteiger partial charge is 0.261 e. The van der Waals surface area contributed by atoms with Crippen molar-refractivity contribution >= 4 is 27.5 Å². The van der Waals surface area contributed by atoms with E-state index in [4.69, 9.17) is 0 Å². The van der Waals surface area contributed by atoms with E-state index in [2.05, 4.69) is 20.2 Å². The van der Waals surface area contributed by atoms with Crippen molar-refractivity contribution in [1.29, 1.82) is 0 Å². The van der Waals surface area contributed by atoms with Crippen LogP contribution in [0.15, 0.2) is 41.2 Å². The second-order valence-electron chi connectivity index (χ2n) is 6.82. The van der Waals surface area contributed by atoms with Crippen LogP contribution in [0.4, 0.5) is 0 Å². The van der Waals surface area contributed by atoms with E-state index in [0.29, 0.717) is 6.54 Å². The molecule has 1 amide bonds. The van der Waals surface area contributed by atoms with Crippen LogP contribution in [0, 0.1) is 0 Å². The first-order valence-corrected chi connectivity index (χ1v) is 10.1. The van der Waals surface area contributed by atoms with Crippen LogP contribution in [0.25, 0.3) is 10.2 Å². The van der Waals surface area contributed by atoms with Crippen LogP contribution in [0.2, 0.25) is 0 Å². The molecule has 0 spiro atoms. The summed E-state index contributed by atoms with van der Waals surface area (Å²) in [5, 5.41) is 3.62. The molecule has 0 aliphatic carbocycles. The monoisotopic (exact) mass is 382 g/mol. The van der Waals surface area contributed by atoms with Crippen molar-refractivity contribution in [2.75, 3.05) is 13.1 Å². The van der Waals surface area contributed by atoms with Crippen LogP contribution in [-0.2, 0) is 13.1 Å². The van der Waals surface area contributed by atoms with Gasteiger partial charge in [0.25, 0.3) is 11.5 Å². The Bertz CT molecular complexity index is 971. The topological polar surface area (TPSA) is 78.1 Å². The molecule has 3 aromatic rings. The molecule has 0 unspecified atom stereocenters. The highest BCUT2D eigenvalue weighted by Gasteiger charge is 2.14. The Labute approximate surface area is 161 Å². The van der Waals surface area contributed by atoms with Gasteiger partial charge in [-0.15, -0.1) is 11.3 Å². The molecule has 0 atom stereocenters. The third kappa shape index (κ3) is 4.26. The lowest BCUT2D eigenvalue weighted by molar-refractivity contribution is 0.0949. The Morgan fingerprint density at radius 1 is 1.15 bits per heavy atom. The number of aromatic nitrogens is 2. The lowest BCUT2D eigenvalue weighted by Gasteiger charge is -2.26. The lowest BCUT2D eigenvalue weighted by atomic mass is 10.1. The van der Waals surface area contributed by atoms with Gasteiger partial charge in [0.15, 0.2) is 0 Å². The van der Waals surface area contributed by atoms with E-state index in [1.807, 2.05) is 30.3 Å². The van der Waals surface area contributed by atoms with E-state index in [9.17, 15) is 9.59 Å². The molecule has 1 saturated heterocycles. The molecule has 6 nitrogen and oxygen atoms in total.